The lowest BCUT2D eigenvalue weighted by molar-refractivity contribution is -0.358. The van der Waals surface area contributed by atoms with Crippen molar-refractivity contribution in [3.8, 4) is 5.75 Å². The number of aromatic nitrogens is 1. The summed E-state index contributed by atoms with van der Waals surface area (Å²) in [7, 11) is 0. The SMILES string of the molecule is C=[N+](C(=O)NOC(C)(C)C)C1=CC(c2cccc(O)c2)(c2nccs2)C(C)S1. The van der Waals surface area contributed by atoms with Crippen molar-refractivity contribution in [1.29, 1.82) is 0 Å². The van der Waals surface area contributed by atoms with Crippen LogP contribution in [0.4, 0.5) is 4.79 Å². The first-order chi connectivity index (χ1) is 13.1. The van der Waals surface area contributed by atoms with Gasteiger partial charge in [-0.1, -0.05) is 36.3 Å². The molecule has 0 spiro atoms. The Morgan fingerprint density at radius 3 is 2.79 bits per heavy atom. The molecule has 2 atom stereocenters. The number of carbonyl (C=O) groups is 1. The lowest BCUT2D eigenvalue weighted by Gasteiger charge is -2.30. The Hall–Kier alpha value is -2.16. The van der Waals surface area contributed by atoms with Crippen molar-refractivity contribution in [1.82, 2.24) is 10.5 Å². The minimum Gasteiger partial charge on any atom is -0.508 e. The number of nitrogens with zero attached hydrogens (tertiary/aromatic N) is 2. The highest BCUT2D eigenvalue weighted by molar-refractivity contribution is 8.03. The number of hydrogen-bond donors (Lipinski definition) is 2. The van der Waals surface area contributed by atoms with Crippen LogP contribution < -0.4 is 5.48 Å². The molecule has 0 saturated carbocycles. The molecule has 0 fully saturated rings. The number of benzene rings is 1. The maximum Gasteiger partial charge on any atom is 0.526 e. The van der Waals surface area contributed by atoms with E-state index in [0.717, 1.165) is 10.6 Å². The molecule has 6 nitrogen and oxygen atoms in total. The molecule has 1 aliphatic rings. The topological polar surface area (TPSA) is 74.5 Å². The molecule has 3 rings (SSSR count). The number of hydroxylamine groups is 1. The summed E-state index contributed by atoms with van der Waals surface area (Å²) in [6, 6.07) is 6.71. The fourth-order valence-electron chi connectivity index (χ4n) is 2.98. The molecule has 8 heteroatoms. The van der Waals surface area contributed by atoms with E-state index in [0.29, 0.717) is 5.03 Å². The largest absolute Gasteiger partial charge is 0.526 e. The van der Waals surface area contributed by atoms with Gasteiger partial charge in [-0.25, -0.2) is 4.98 Å². The average Bonchev–Trinajstić information content (AvgIpc) is 3.27. The van der Waals surface area contributed by atoms with Gasteiger partial charge >= 0.3 is 6.03 Å². The van der Waals surface area contributed by atoms with E-state index in [9.17, 15) is 9.90 Å². The quantitative estimate of drug-likeness (QED) is 0.441. The highest BCUT2D eigenvalue weighted by Crippen LogP contribution is 2.51. The van der Waals surface area contributed by atoms with E-state index in [1.165, 1.54) is 16.3 Å². The van der Waals surface area contributed by atoms with Gasteiger partial charge in [0, 0.05) is 16.8 Å². The smallest absolute Gasteiger partial charge is 0.508 e. The van der Waals surface area contributed by atoms with E-state index < -0.39 is 17.0 Å². The van der Waals surface area contributed by atoms with Crippen molar-refractivity contribution >= 4 is 35.8 Å². The molecule has 2 unspecified atom stereocenters. The molecule has 148 valence electrons. The number of phenolic OH excluding ortho intramolecular Hbond substituents is 1. The number of nitrogens with one attached hydrogen (secondary N) is 1. The summed E-state index contributed by atoms with van der Waals surface area (Å²) in [6.45, 7) is 11.5. The Morgan fingerprint density at radius 1 is 1.43 bits per heavy atom. The van der Waals surface area contributed by atoms with Crippen LogP contribution in [-0.4, -0.2) is 38.3 Å². The molecule has 1 aliphatic heterocycles. The van der Waals surface area contributed by atoms with Crippen LogP contribution in [0.5, 0.6) is 5.75 Å². The first kappa shape index (κ1) is 20.6. The molecule has 2 heterocycles. The third-order valence-electron chi connectivity index (χ3n) is 4.36. The van der Waals surface area contributed by atoms with Gasteiger partial charge in [0.2, 0.25) is 0 Å². The molecule has 1 aromatic carbocycles. The van der Waals surface area contributed by atoms with Crippen LogP contribution >= 0.6 is 23.1 Å². The summed E-state index contributed by atoms with van der Waals surface area (Å²) >= 11 is 3.08. The molecule has 2 aromatic rings. The number of phenols is 1. The second-order valence-corrected chi connectivity index (χ2v) is 9.80. The van der Waals surface area contributed by atoms with Crippen molar-refractivity contribution in [2.75, 3.05) is 0 Å². The summed E-state index contributed by atoms with van der Waals surface area (Å²) in [5, 5.41) is 13.6. The van der Waals surface area contributed by atoms with E-state index in [-0.39, 0.29) is 11.0 Å². The zero-order valence-corrected chi connectivity index (χ0v) is 17.9. The van der Waals surface area contributed by atoms with Crippen LogP contribution in [0.15, 0.2) is 46.9 Å². The molecular formula is C20H24N3O3S2+. The minimum absolute atomic E-state index is 0.0380. The van der Waals surface area contributed by atoms with Crippen molar-refractivity contribution in [3.05, 3.63) is 57.5 Å². The average molecular weight is 419 g/mol. The fourth-order valence-corrected chi connectivity index (χ4v) is 5.31. The minimum atomic E-state index is -0.575. The molecule has 0 bridgehead atoms. The van der Waals surface area contributed by atoms with E-state index >= 15 is 0 Å². The Labute approximate surface area is 172 Å². The lowest BCUT2D eigenvalue weighted by Crippen LogP contribution is -2.37. The van der Waals surface area contributed by atoms with Gasteiger partial charge in [-0.15, -0.1) is 11.3 Å². The van der Waals surface area contributed by atoms with Crippen molar-refractivity contribution in [2.24, 2.45) is 0 Å². The second kappa shape index (κ2) is 7.69. The Kier molecular flexibility index (Phi) is 5.65. The van der Waals surface area contributed by atoms with Gasteiger partial charge in [0.15, 0.2) is 5.03 Å². The van der Waals surface area contributed by atoms with Crippen LogP contribution in [0, 0.1) is 0 Å². The van der Waals surface area contributed by atoms with Gasteiger partial charge in [-0.05, 0) is 44.5 Å². The van der Waals surface area contributed by atoms with Gasteiger partial charge in [-0.3, -0.25) is 0 Å². The zero-order valence-electron chi connectivity index (χ0n) is 16.3. The van der Waals surface area contributed by atoms with Crippen LogP contribution in [0.25, 0.3) is 0 Å². The molecule has 0 saturated heterocycles. The fraction of sp³-hybridized carbons (Fsp3) is 0.350. The summed E-state index contributed by atoms with van der Waals surface area (Å²) in [4.78, 5) is 22.4. The summed E-state index contributed by atoms with van der Waals surface area (Å²) < 4.78 is 1.30. The molecular weight excluding hydrogens is 394 g/mol. The number of carbonyl (C=O) groups excluding carboxylic acids is 1. The highest BCUT2D eigenvalue weighted by Gasteiger charge is 2.48. The third kappa shape index (κ3) is 3.99. The highest BCUT2D eigenvalue weighted by atomic mass is 32.2. The number of amides is 2. The number of allylic oxidation sites excluding steroid dienone is 1. The number of thiazole rings is 1. The zero-order chi connectivity index (χ0) is 20.5. The molecule has 1 aromatic heterocycles. The number of rotatable bonds is 4. The van der Waals surface area contributed by atoms with E-state index in [1.807, 2.05) is 44.4 Å². The van der Waals surface area contributed by atoms with Crippen molar-refractivity contribution in [3.63, 3.8) is 0 Å². The molecule has 0 aliphatic carbocycles. The Bertz CT molecular complexity index is 919. The number of hydrogen-bond acceptors (Lipinski definition) is 6. The Balaban J connectivity index is 1.99. The Morgan fingerprint density at radius 2 is 2.18 bits per heavy atom. The van der Waals surface area contributed by atoms with Crippen molar-refractivity contribution in [2.45, 2.75) is 44.0 Å². The molecule has 28 heavy (non-hydrogen) atoms. The predicted molar refractivity (Wildman–Crippen MR) is 113 cm³/mol. The van der Waals surface area contributed by atoms with Crippen LogP contribution in [0.3, 0.4) is 0 Å². The van der Waals surface area contributed by atoms with Gasteiger partial charge in [0.1, 0.15) is 16.4 Å². The van der Waals surface area contributed by atoms with Gasteiger partial charge in [0.25, 0.3) is 0 Å². The maximum absolute atomic E-state index is 12.5. The summed E-state index contributed by atoms with van der Waals surface area (Å²) in [5.41, 5.74) is 2.27. The van der Waals surface area contributed by atoms with E-state index in [4.69, 9.17) is 4.84 Å². The van der Waals surface area contributed by atoms with Crippen LogP contribution in [-0.2, 0) is 10.3 Å². The number of aromatic hydroxyl groups is 1. The third-order valence-corrected chi connectivity index (χ3v) is 6.58. The summed E-state index contributed by atoms with van der Waals surface area (Å²) in [6.07, 6.45) is 3.76. The normalized spacial score (nSPS) is 22.0. The first-order valence-corrected chi connectivity index (χ1v) is 10.6. The van der Waals surface area contributed by atoms with E-state index in [2.05, 4.69) is 24.1 Å². The summed E-state index contributed by atoms with van der Waals surface area (Å²) in [5.74, 6) is 0.190. The molecule has 2 amide bonds. The second-order valence-electron chi connectivity index (χ2n) is 7.55. The molecule has 0 radical (unpaired) electrons. The predicted octanol–water partition coefficient (Wildman–Crippen LogP) is 4.26. The number of urea groups is 1. The van der Waals surface area contributed by atoms with Gasteiger partial charge in [0.05, 0.1) is 12.1 Å². The van der Waals surface area contributed by atoms with Gasteiger partial charge in [-0.2, -0.15) is 14.2 Å². The maximum atomic E-state index is 12.5. The van der Waals surface area contributed by atoms with Gasteiger partial charge < -0.3 is 5.11 Å². The first-order valence-electron chi connectivity index (χ1n) is 8.81. The van der Waals surface area contributed by atoms with Crippen molar-refractivity contribution < 1.29 is 19.3 Å². The van der Waals surface area contributed by atoms with Crippen LogP contribution in [0.1, 0.15) is 38.3 Å². The monoisotopic (exact) mass is 418 g/mol. The van der Waals surface area contributed by atoms with Crippen LogP contribution in [0.2, 0.25) is 0 Å². The molecule has 2 N–H and O–H groups in total. The van der Waals surface area contributed by atoms with E-state index in [1.54, 1.807) is 29.7 Å². The number of thioether (sulfide) groups is 1. The standard InChI is InChI=1S/C20H23N3O3S2/c1-13-20(17-21-9-10-27-17,14-7-6-8-15(24)11-14)12-16(28-13)23(5)18(25)22-26-19(2,3)4/h6-13H,5H2,1-4H3,(H-,22,24,25)/p+1. The lowest BCUT2D eigenvalue weighted by atomic mass is 9.78.